The molecule has 1 aromatic heterocycles. The monoisotopic (exact) mass is 353 g/mol. The van der Waals surface area contributed by atoms with Crippen molar-refractivity contribution in [2.75, 3.05) is 0 Å². The second-order valence-electron chi connectivity index (χ2n) is 5.70. The summed E-state index contributed by atoms with van der Waals surface area (Å²) in [4.78, 5) is 16.1. The number of amides is 1. The Balaban J connectivity index is 1.79. The van der Waals surface area contributed by atoms with Crippen molar-refractivity contribution in [2.24, 2.45) is 5.10 Å². The van der Waals surface area contributed by atoms with E-state index >= 15 is 0 Å². The van der Waals surface area contributed by atoms with Gasteiger partial charge >= 0.3 is 0 Å². The van der Waals surface area contributed by atoms with Crippen molar-refractivity contribution in [1.29, 1.82) is 0 Å². The Morgan fingerprint density at radius 1 is 0.778 bits per heavy atom. The lowest BCUT2D eigenvalue weighted by Gasteiger charge is -2.01. The van der Waals surface area contributed by atoms with E-state index in [0.29, 0.717) is 11.3 Å². The van der Waals surface area contributed by atoms with E-state index in [4.69, 9.17) is 0 Å². The number of nitrogens with zero attached hydrogens (tertiary/aromatic N) is 2. The molecule has 1 N–H and O–H groups in total. The number of nitrogens with one attached hydrogen (secondary N) is 1. The van der Waals surface area contributed by atoms with Crippen molar-refractivity contribution in [3.8, 4) is 0 Å². The van der Waals surface area contributed by atoms with Crippen molar-refractivity contribution in [1.82, 2.24) is 10.4 Å². The molecular formula is C23H19N3O. The molecule has 1 amide bonds. The first kappa shape index (κ1) is 18.0. The molecular weight excluding hydrogens is 334 g/mol. The van der Waals surface area contributed by atoms with Crippen LogP contribution in [0.3, 0.4) is 0 Å². The van der Waals surface area contributed by atoms with Crippen molar-refractivity contribution in [3.63, 3.8) is 0 Å². The van der Waals surface area contributed by atoms with Gasteiger partial charge in [-0.3, -0.25) is 9.78 Å². The number of carbonyl (C=O) groups is 1. The summed E-state index contributed by atoms with van der Waals surface area (Å²) < 4.78 is 0. The van der Waals surface area contributed by atoms with E-state index in [1.165, 1.54) is 0 Å². The van der Waals surface area contributed by atoms with Gasteiger partial charge in [-0.15, -0.1) is 0 Å². The van der Waals surface area contributed by atoms with E-state index in [9.17, 15) is 4.79 Å². The molecule has 0 aliphatic carbocycles. The minimum Gasteiger partial charge on any atom is -0.267 e. The second kappa shape index (κ2) is 9.63. The molecule has 0 atom stereocenters. The lowest BCUT2D eigenvalue weighted by molar-refractivity contribution is 0.0955. The minimum atomic E-state index is -0.281. The van der Waals surface area contributed by atoms with E-state index in [1.807, 2.05) is 85.0 Å². The summed E-state index contributed by atoms with van der Waals surface area (Å²) in [5.41, 5.74) is 5.84. The number of aromatic nitrogens is 1. The number of hydrazone groups is 1. The van der Waals surface area contributed by atoms with Crippen LogP contribution in [0.25, 0.3) is 12.2 Å². The van der Waals surface area contributed by atoms with Crippen LogP contribution < -0.4 is 5.43 Å². The number of benzene rings is 2. The summed E-state index contributed by atoms with van der Waals surface area (Å²) in [6, 6.07) is 23.1. The van der Waals surface area contributed by atoms with Gasteiger partial charge in [0, 0.05) is 18.0 Å². The predicted octanol–water partition coefficient (Wildman–Crippen LogP) is 4.59. The van der Waals surface area contributed by atoms with Crippen molar-refractivity contribution >= 4 is 23.8 Å². The lowest BCUT2D eigenvalue weighted by atomic mass is 10.1. The van der Waals surface area contributed by atoms with Gasteiger partial charge in [-0.2, -0.15) is 5.10 Å². The highest BCUT2D eigenvalue weighted by molar-refractivity contribution is 6.09. The lowest BCUT2D eigenvalue weighted by Crippen LogP contribution is -2.18. The molecule has 27 heavy (non-hydrogen) atoms. The van der Waals surface area contributed by atoms with Crippen molar-refractivity contribution < 1.29 is 4.79 Å². The Labute approximate surface area is 158 Å². The first-order valence-electron chi connectivity index (χ1n) is 8.55. The molecule has 0 bridgehead atoms. The van der Waals surface area contributed by atoms with Crippen LogP contribution in [0.1, 0.15) is 21.5 Å². The van der Waals surface area contributed by atoms with Crippen LogP contribution >= 0.6 is 0 Å². The molecule has 0 unspecified atom stereocenters. The first-order valence-corrected chi connectivity index (χ1v) is 8.55. The maximum atomic E-state index is 12.2. The van der Waals surface area contributed by atoms with Gasteiger partial charge < -0.3 is 0 Å². The van der Waals surface area contributed by atoms with Crippen LogP contribution in [0, 0.1) is 0 Å². The first-order chi connectivity index (χ1) is 13.3. The standard InChI is InChI=1S/C23H19N3O/c27-23(21-15-17-24-18-16-21)26-25-22(13-11-19-7-3-1-4-8-19)14-12-20-9-5-2-6-10-20/h1-18H,(H,26,27)/b13-11+,14-12+. The third kappa shape index (κ3) is 5.90. The van der Waals surface area contributed by atoms with E-state index < -0.39 is 0 Å². The number of hydrogen-bond acceptors (Lipinski definition) is 3. The normalized spacial score (nSPS) is 10.8. The van der Waals surface area contributed by atoms with Gasteiger partial charge in [0.25, 0.3) is 5.91 Å². The average molecular weight is 353 g/mol. The van der Waals surface area contributed by atoms with Gasteiger partial charge in [0.1, 0.15) is 0 Å². The largest absolute Gasteiger partial charge is 0.271 e. The second-order valence-corrected chi connectivity index (χ2v) is 5.70. The maximum Gasteiger partial charge on any atom is 0.271 e. The third-order valence-electron chi connectivity index (χ3n) is 3.72. The van der Waals surface area contributed by atoms with Crippen molar-refractivity contribution in [3.05, 3.63) is 114 Å². The fourth-order valence-electron chi connectivity index (χ4n) is 2.30. The number of pyridine rings is 1. The Kier molecular flexibility index (Phi) is 6.43. The molecule has 0 radical (unpaired) electrons. The topological polar surface area (TPSA) is 54.4 Å². The van der Waals surface area contributed by atoms with E-state index in [1.54, 1.807) is 24.5 Å². The third-order valence-corrected chi connectivity index (χ3v) is 3.72. The van der Waals surface area contributed by atoms with Gasteiger partial charge in [-0.25, -0.2) is 5.43 Å². The van der Waals surface area contributed by atoms with Gasteiger partial charge in [0.2, 0.25) is 0 Å². The van der Waals surface area contributed by atoms with Crippen molar-refractivity contribution in [2.45, 2.75) is 0 Å². The van der Waals surface area contributed by atoms with E-state index in [0.717, 1.165) is 11.1 Å². The zero-order valence-electron chi connectivity index (χ0n) is 14.7. The Bertz CT molecular complexity index is 895. The minimum absolute atomic E-state index is 0.281. The molecule has 0 fully saturated rings. The van der Waals surface area contributed by atoms with Crippen LogP contribution in [-0.2, 0) is 0 Å². The quantitative estimate of drug-likeness (QED) is 0.520. The molecule has 0 saturated heterocycles. The summed E-state index contributed by atoms with van der Waals surface area (Å²) in [6.07, 6.45) is 10.8. The smallest absolute Gasteiger partial charge is 0.267 e. The van der Waals surface area contributed by atoms with Gasteiger partial charge in [-0.05, 0) is 35.4 Å². The van der Waals surface area contributed by atoms with Crippen LogP contribution in [0.4, 0.5) is 0 Å². The molecule has 3 rings (SSSR count). The zero-order valence-corrected chi connectivity index (χ0v) is 14.7. The molecule has 0 spiro atoms. The highest BCUT2D eigenvalue weighted by atomic mass is 16.2. The molecule has 2 aromatic carbocycles. The molecule has 4 nitrogen and oxygen atoms in total. The van der Waals surface area contributed by atoms with E-state index in [2.05, 4.69) is 15.5 Å². The summed E-state index contributed by atoms with van der Waals surface area (Å²) in [7, 11) is 0. The Morgan fingerprint density at radius 3 is 1.81 bits per heavy atom. The molecule has 132 valence electrons. The fourth-order valence-corrected chi connectivity index (χ4v) is 2.30. The van der Waals surface area contributed by atoms with Crippen LogP contribution in [0.5, 0.6) is 0 Å². The Hall–Kier alpha value is -3.79. The zero-order chi connectivity index (χ0) is 18.7. The van der Waals surface area contributed by atoms with Crippen LogP contribution in [-0.4, -0.2) is 16.6 Å². The number of rotatable bonds is 6. The summed E-state index contributed by atoms with van der Waals surface area (Å²) in [6.45, 7) is 0. The number of hydrogen-bond donors (Lipinski definition) is 1. The van der Waals surface area contributed by atoms with Crippen LogP contribution in [0.2, 0.25) is 0 Å². The van der Waals surface area contributed by atoms with E-state index in [-0.39, 0.29) is 5.91 Å². The number of carbonyl (C=O) groups excluding carboxylic acids is 1. The summed E-state index contributed by atoms with van der Waals surface area (Å²) in [5, 5.41) is 4.25. The molecule has 1 heterocycles. The van der Waals surface area contributed by atoms with Gasteiger partial charge in [0.05, 0.1) is 5.71 Å². The summed E-state index contributed by atoms with van der Waals surface area (Å²) in [5.74, 6) is -0.281. The van der Waals surface area contributed by atoms with Gasteiger partial charge in [0.15, 0.2) is 0 Å². The molecule has 4 heteroatoms. The predicted molar refractivity (Wildman–Crippen MR) is 110 cm³/mol. The molecule has 0 aliphatic rings. The maximum absolute atomic E-state index is 12.2. The Morgan fingerprint density at radius 2 is 1.30 bits per heavy atom. The molecule has 3 aromatic rings. The highest BCUT2D eigenvalue weighted by Crippen LogP contribution is 2.05. The highest BCUT2D eigenvalue weighted by Gasteiger charge is 2.02. The molecule has 0 aliphatic heterocycles. The SMILES string of the molecule is O=C(NN=C(/C=C/c1ccccc1)/C=C/c1ccccc1)c1ccncc1. The fraction of sp³-hybridized carbons (Fsp3) is 0. The van der Waals surface area contributed by atoms with Gasteiger partial charge in [-0.1, -0.05) is 72.8 Å². The van der Waals surface area contributed by atoms with Crippen LogP contribution in [0.15, 0.2) is 102 Å². The molecule has 0 saturated carbocycles. The average Bonchev–Trinajstić information content (AvgIpc) is 2.75. The summed E-state index contributed by atoms with van der Waals surface area (Å²) >= 11 is 0. The number of allylic oxidation sites excluding steroid dienone is 2.